The van der Waals surface area contributed by atoms with E-state index in [0.29, 0.717) is 24.5 Å². The lowest BCUT2D eigenvalue weighted by molar-refractivity contribution is -0.143. The quantitative estimate of drug-likeness (QED) is 0.516. The van der Waals surface area contributed by atoms with Gasteiger partial charge in [-0.05, 0) is 25.3 Å². The van der Waals surface area contributed by atoms with Gasteiger partial charge >= 0.3 is 5.97 Å². The number of rotatable bonds is 9. The third-order valence-electron chi connectivity index (χ3n) is 2.73. The monoisotopic (exact) mass is 282 g/mol. The van der Waals surface area contributed by atoms with Crippen molar-refractivity contribution in [2.24, 2.45) is 0 Å². The molecule has 4 heteroatoms. The molecule has 1 unspecified atom stereocenters. The van der Waals surface area contributed by atoms with Gasteiger partial charge in [-0.15, -0.1) is 0 Å². The first-order valence-electron chi connectivity index (χ1n) is 6.77. The maximum absolute atomic E-state index is 11.8. The minimum absolute atomic E-state index is 0.132. The highest BCUT2D eigenvalue weighted by molar-refractivity contribution is 7.84. The average molecular weight is 282 g/mol. The largest absolute Gasteiger partial charge is 0.466 e. The first-order valence-corrected chi connectivity index (χ1v) is 8.25. The van der Waals surface area contributed by atoms with E-state index >= 15 is 0 Å². The van der Waals surface area contributed by atoms with Gasteiger partial charge < -0.3 is 4.74 Å². The highest BCUT2D eigenvalue weighted by atomic mass is 32.2. The Kier molecular flexibility index (Phi) is 8.14. The van der Waals surface area contributed by atoms with Gasteiger partial charge in [-0.2, -0.15) is 0 Å². The van der Waals surface area contributed by atoms with Crippen molar-refractivity contribution < 1.29 is 13.7 Å². The molecular formula is C15H22O3S. The number of benzene rings is 1. The van der Waals surface area contributed by atoms with Gasteiger partial charge in [-0.1, -0.05) is 36.8 Å². The molecule has 0 fully saturated rings. The van der Waals surface area contributed by atoms with E-state index in [-0.39, 0.29) is 5.97 Å². The summed E-state index contributed by atoms with van der Waals surface area (Å²) in [6, 6.07) is 9.89. The van der Waals surface area contributed by atoms with Crippen molar-refractivity contribution in [1.82, 2.24) is 0 Å². The molecule has 3 nitrogen and oxygen atoms in total. The standard InChI is InChI=1S/C15H22O3S/c1-2-18-15(16)11-7-4-8-12-19(17)13-14-9-5-3-6-10-14/h3,5-6,9-10H,2,4,7-8,11-13H2,1H3. The molecule has 0 aliphatic rings. The van der Waals surface area contributed by atoms with Crippen molar-refractivity contribution in [2.75, 3.05) is 12.4 Å². The van der Waals surface area contributed by atoms with E-state index in [1.54, 1.807) is 0 Å². The summed E-state index contributed by atoms with van der Waals surface area (Å²) in [5, 5.41) is 0. The Labute approximate surface area is 117 Å². The zero-order valence-electron chi connectivity index (χ0n) is 11.5. The smallest absolute Gasteiger partial charge is 0.305 e. The summed E-state index contributed by atoms with van der Waals surface area (Å²) in [4.78, 5) is 11.1. The van der Waals surface area contributed by atoms with Crippen molar-refractivity contribution in [3.63, 3.8) is 0 Å². The second-order valence-electron chi connectivity index (χ2n) is 4.39. The van der Waals surface area contributed by atoms with E-state index in [4.69, 9.17) is 4.74 Å². The summed E-state index contributed by atoms with van der Waals surface area (Å²) >= 11 is 0. The highest BCUT2D eigenvalue weighted by Gasteiger charge is 2.03. The fourth-order valence-electron chi connectivity index (χ4n) is 1.77. The molecule has 0 spiro atoms. The predicted octanol–water partition coefficient (Wildman–Crippen LogP) is 3.06. The molecule has 0 aliphatic heterocycles. The molecule has 0 amide bonds. The molecule has 19 heavy (non-hydrogen) atoms. The van der Waals surface area contributed by atoms with Gasteiger partial charge in [-0.3, -0.25) is 9.00 Å². The number of hydrogen-bond acceptors (Lipinski definition) is 3. The molecule has 0 saturated carbocycles. The lowest BCUT2D eigenvalue weighted by atomic mass is 10.2. The molecule has 0 aliphatic carbocycles. The number of esters is 1. The third-order valence-corrected chi connectivity index (χ3v) is 4.13. The predicted molar refractivity (Wildman–Crippen MR) is 78.3 cm³/mol. The Hall–Kier alpha value is -1.16. The molecule has 1 atom stereocenters. The van der Waals surface area contributed by atoms with Crippen LogP contribution in [0.3, 0.4) is 0 Å². The molecule has 0 aromatic heterocycles. The molecule has 1 aromatic carbocycles. The lowest BCUT2D eigenvalue weighted by Crippen LogP contribution is -2.04. The van der Waals surface area contributed by atoms with E-state index < -0.39 is 10.8 Å². The van der Waals surface area contributed by atoms with Crippen LogP contribution in [0.2, 0.25) is 0 Å². The molecule has 1 rings (SSSR count). The van der Waals surface area contributed by atoms with Crippen molar-refractivity contribution in [3.8, 4) is 0 Å². The molecule has 0 bridgehead atoms. The van der Waals surface area contributed by atoms with Crippen LogP contribution in [-0.2, 0) is 26.1 Å². The molecule has 0 N–H and O–H groups in total. The minimum Gasteiger partial charge on any atom is -0.466 e. The number of hydrogen-bond donors (Lipinski definition) is 0. The third kappa shape index (κ3) is 7.78. The van der Waals surface area contributed by atoms with E-state index in [1.165, 1.54) is 0 Å². The summed E-state index contributed by atoms with van der Waals surface area (Å²) in [7, 11) is -0.805. The van der Waals surface area contributed by atoms with Crippen LogP contribution in [0.4, 0.5) is 0 Å². The molecule has 106 valence electrons. The van der Waals surface area contributed by atoms with E-state index in [2.05, 4.69) is 0 Å². The fraction of sp³-hybridized carbons (Fsp3) is 0.533. The van der Waals surface area contributed by atoms with Crippen LogP contribution in [0.5, 0.6) is 0 Å². The van der Waals surface area contributed by atoms with Crippen LogP contribution in [0, 0.1) is 0 Å². The molecule has 0 heterocycles. The van der Waals surface area contributed by atoms with Gasteiger partial charge in [0.2, 0.25) is 0 Å². The van der Waals surface area contributed by atoms with Crippen LogP contribution in [0.1, 0.15) is 38.2 Å². The zero-order chi connectivity index (χ0) is 13.9. The average Bonchev–Trinajstić information content (AvgIpc) is 2.40. The summed E-state index contributed by atoms with van der Waals surface area (Å²) < 4.78 is 16.7. The normalized spacial score (nSPS) is 12.1. The highest BCUT2D eigenvalue weighted by Crippen LogP contribution is 2.07. The van der Waals surface area contributed by atoms with Gasteiger partial charge in [0.25, 0.3) is 0 Å². The van der Waals surface area contributed by atoms with Gasteiger partial charge in [0.1, 0.15) is 0 Å². The second kappa shape index (κ2) is 9.73. The Balaban J connectivity index is 2.06. The molecule has 1 aromatic rings. The number of carbonyl (C=O) groups excluding carboxylic acids is 1. The van der Waals surface area contributed by atoms with Crippen LogP contribution < -0.4 is 0 Å². The van der Waals surface area contributed by atoms with Gasteiger partial charge in [0.15, 0.2) is 0 Å². The maximum Gasteiger partial charge on any atom is 0.305 e. The number of ether oxygens (including phenoxy) is 1. The van der Waals surface area contributed by atoms with Crippen LogP contribution in [0.25, 0.3) is 0 Å². The molecule has 0 saturated heterocycles. The van der Waals surface area contributed by atoms with Gasteiger partial charge in [0.05, 0.1) is 6.61 Å². The minimum atomic E-state index is -0.805. The zero-order valence-corrected chi connectivity index (χ0v) is 12.3. The van der Waals surface area contributed by atoms with Gasteiger partial charge in [0, 0.05) is 28.7 Å². The van der Waals surface area contributed by atoms with E-state index in [9.17, 15) is 9.00 Å². The fourth-order valence-corrected chi connectivity index (χ4v) is 3.01. The van der Waals surface area contributed by atoms with Crippen molar-refractivity contribution in [2.45, 2.75) is 38.4 Å². The maximum atomic E-state index is 11.8. The Morgan fingerprint density at radius 3 is 2.58 bits per heavy atom. The second-order valence-corrected chi connectivity index (χ2v) is 5.97. The first-order chi connectivity index (χ1) is 9.22. The Bertz CT molecular complexity index is 390. The number of carbonyl (C=O) groups is 1. The van der Waals surface area contributed by atoms with Crippen molar-refractivity contribution in [3.05, 3.63) is 35.9 Å². The van der Waals surface area contributed by atoms with E-state index in [0.717, 1.165) is 24.8 Å². The summed E-state index contributed by atoms with van der Waals surface area (Å²) in [5.41, 5.74) is 1.12. The van der Waals surface area contributed by atoms with Gasteiger partial charge in [-0.25, -0.2) is 0 Å². The Morgan fingerprint density at radius 1 is 1.16 bits per heavy atom. The Morgan fingerprint density at radius 2 is 1.89 bits per heavy atom. The summed E-state index contributed by atoms with van der Waals surface area (Å²) in [5.74, 6) is 1.20. The first kappa shape index (κ1) is 15.9. The summed E-state index contributed by atoms with van der Waals surface area (Å²) in [6.07, 6.45) is 3.12. The van der Waals surface area contributed by atoms with Crippen molar-refractivity contribution >= 4 is 16.8 Å². The lowest BCUT2D eigenvalue weighted by Gasteiger charge is -2.03. The van der Waals surface area contributed by atoms with E-state index in [1.807, 2.05) is 37.3 Å². The number of unbranched alkanes of at least 4 members (excludes halogenated alkanes) is 2. The molecular weight excluding hydrogens is 260 g/mol. The summed E-state index contributed by atoms with van der Waals surface area (Å²) in [6.45, 7) is 2.25. The van der Waals surface area contributed by atoms with Crippen LogP contribution >= 0.6 is 0 Å². The molecule has 0 radical (unpaired) electrons. The van der Waals surface area contributed by atoms with Crippen molar-refractivity contribution in [1.29, 1.82) is 0 Å². The van der Waals surface area contributed by atoms with Crippen LogP contribution in [-0.4, -0.2) is 22.5 Å². The topological polar surface area (TPSA) is 43.4 Å². The SMILES string of the molecule is CCOC(=O)CCCCCS(=O)Cc1ccccc1. The van der Waals surface area contributed by atoms with Crippen LogP contribution in [0.15, 0.2) is 30.3 Å².